The summed E-state index contributed by atoms with van der Waals surface area (Å²) in [5.74, 6) is 0.561. The van der Waals surface area contributed by atoms with Crippen molar-refractivity contribution >= 4 is 23.2 Å². The Labute approximate surface area is 119 Å². The number of rotatable bonds is 5. The molecule has 0 aliphatic carbocycles. The highest BCUT2D eigenvalue weighted by Crippen LogP contribution is 2.35. The Bertz CT molecular complexity index is 602. The number of benzene rings is 1. The Hall–Kier alpha value is -2.35. The maximum absolute atomic E-state index is 11.9. The van der Waals surface area contributed by atoms with Crippen LogP contribution in [0, 0.1) is 0 Å². The van der Waals surface area contributed by atoms with Gasteiger partial charge in [-0.15, -0.1) is 5.10 Å². The van der Waals surface area contributed by atoms with Crippen molar-refractivity contribution in [1.82, 2.24) is 20.2 Å². The third kappa shape index (κ3) is 3.15. The van der Waals surface area contributed by atoms with E-state index in [4.69, 9.17) is 21.1 Å². The summed E-state index contributed by atoms with van der Waals surface area (Å²) in [6, 6.07) is 3.14. The Morgan fingerprint density at radius 1 is 1.35 bits per heavy atom. The van der Waals surface area contributed by atoms with E-state index in [1.807, 2.05) is 0 Å². The molecule has 0 spiro atoms. The fraction of sp³-hybridized carbons (Fsp3) is 0.273. The molecule has 0 bridgehead atoms. The molecule has 2 rings (SSSR count). The van der Waals surface area contributed by atoms with E-state index in [1.54, 1.807) is 12.1 Å². The molecular weight excluding hydrogens is 286 g/mol. The van der Waals surface area contributed by atoms with Gasteiger partial charge in [-0.3, -0.25) is 4.79 Å². The molecule has 2 aromatic rings. The van der Waals surface area contributed by atoms with Gasteiger partial charge in [0.25, 0.3) is 0 Å². The predicted octanol–water partition coefficient (Wildman–Crippen LogP) is 0.982. The van der Waals surface area contributed by atoms with Gasteiger partial charge in [-0.05, 0) is 10.4 Å². The molecular formula is C11H12ClN5O3. The molecule has 1 aromatic carbocycles. The lowest BCUT2D eigenvalue weighted by atomic mass is 10.2. The molecule has 1 aromatic heterocycles. The number of hydrogen-bond acceptors (Lipinski definition) is 6. The van der Waals surface area contributed by atoms with Gasteiger partial charge in [0.15, 0.2) is 0 Å². The summed E-state index contributed by atoms with van der Waals surface area (Å²) in [7, 11) is 2.97. The monoisotopic (exact) mass is 297 g/mol. The molecule has 106 valence electrons. The summed E-state index contributed by atoms with van der Waals surface area (Å²) in [5.41, 5.74) is 0.451. The molecule has 0 aliphatic rings. The fourth-order valence-corrected chi connectivity index (χ4v) is 1.78. The molecule has 0 saturated heterocycles. The van der Waals surface area contributed by atoms with Crippen LogP contribution < -0.4 is 14.8 Å². The number of nitrogens with one attached hydrogen (secondary N) is 1. The molecule has 0 atom stereocenters. The third-order valence-electron chi connectivity index (χ3n) is 2.45. The second-order valence-corrected chi connectivity index (χ2v) is 4.15. The zero-order chi connectivity index (χ0) is 14.5. The largest absolute Gasteiger partial charge is 0.495 e. The van der Waals surface area contributed by atoms with E-state index in [9.17, 15) is 4.79 Å². The van der Waals surface area contributed by atoms with E-state index >= 15 is 0 Å². The Morgan fingerprint density at radius 2 is 2.10 bits per heavy atom. The van der Waals surface area contributed by atoms with Crippen molar-refractivity contribution in [2.75, 3.05) is 19.5 Å². The smallest absolute Gasteiger partial charge is 0.246 e. The number of ether oxygens (including phenoxy) is 2. The number of amides is 1. The minimum atomic E-state index is -0.306. The van der Waals surface area contributed by atoms with Crippen LogP contribution in [0.25, 0.3) is 0 Å². The van der Waals surface area contributed by atoms with E-state index in [2.05, 4.69) is 20.8 Å². The van der Waals surface area contributed by atoms with E-state index < -0.39 is 0 Å². The van der Waals surface area contributed by atoms with Gasteiger partial charge in [-0.2, -0.15) is 0 Å². The van der Waals surface area contributed by atoms with Gasteiger partial charge >= 0.3 is 0 Å². The van der Waals surface area contributed by atoms with Crippen molar-refractivity contribution in [2.45, 2.75) is 6.54 Å². The average molecular weight is 298 g/mol. The first kappa shape index (κ1) is 14.1. The molecule has 1 N–H and O–H groups in total. The highest BCUT2D eigenvalue weighted by atomic mass is 35.5. The summed E-state index contributed by atoms with van der Waals surface area (Å²) in [6.45, 7) is -0.0128. The van der Waals surface area contributed by atoms with Crippen molar-refractivity contribution in [2.24, 2.45) is 0 Å². The average Bonchev–Trinajstić information content (AvgIpc) is 2.92. The summed E-state index contributed by atoms with van der Waals surface area (Å²) < 4.78 is 11.6. The number of carbonyl (C=O) groups excluding carboxylic acids is 1. The Balaban J connectivity index is 2.17. The molecule has 0 fully saturated rings. The lowest BCUT2D eigenvalue weighted by Gasteiger charge is -2.13. The number of tetrazole rings is 1. The third-order valence-corrected chi connectivity index (χ3v) is 2.74. The molecule has 8 nitrogen and oxygen atoms in total. The SMILES string of the molecule is COc1cc(NC(=O)Cn2cnnn2)c(OC)cc1Cl. The second-order valence-electron chi connectivity index (χ2n) is 3.74. The number of carbonyl (C=O) groups is 1. The number of methoxy groups -OCH3 is 2. The van der Waals surface area contributed by atoms with Crippen LogP contribution in [-0.2, 0) is 11.3 Å². The molecule has 1 heterocycles. The second kappa shape index (κ2) is 6.20. The van der Waals surface area contributed by atoms with Crippen molar-refractivity contribution in [3.8, 4) is 11.5 Å². The van der Waals surface area contributed by atoms with Crippen LogP contribution in [0.1, 0.15) is 0 Å². The lowest BCUT2D eigenvalue weighted by molar-refractivity contribution is -0.116. The summed E-state index contributed by atoms with van der Waals surface area (Å²) >= 11 is 5.98. The van der Waals surface area contributed by atoms with Gasteiger partial charge in [0.2, 0.25) is 5.91 Å². The van der Waals surface area contributed by atoms with Crippen LogP contribution in [0.2, 0.25) is 5.02 Å². The summed E-state index contributed by atoms with van der Waals surface area (Å²) in [4.78, 5) is 11.9. The molecule has 0 unspecified atom stereocenters. The van der Waals surface area contributed by atoms with Crippen molar-refractivity contribution in [3.05, 3.63) is 23.5 Å². The van der Waals surface area contributed by atoms with Crippen LogP contribution in [0.15, 0.2) is 18.5 Å². The van der Waals surface area contributed by atoms with Crippen LogP contribution in [0.5, 0.6) is 11.5 Å². The maximum Gasteiger partial charge on any atom is 0.246 e. The highest BCUT2D eigenvalue weighted by molar-refractivity contribution is 6.32. The summed E-state index contributed by atoms with van der Waals surface area (Å²) in [6.07, 6.45) is 1.35. The van der Waals surface area contributed by atoms with E-state index in [0.717, 1.165) is 0 Å². The van der Waals surface area contributed by atoms with Crippen LogP contribution in [0.3, 0.4) is 0 Å². The standard InChI is InChI=1S/C11H12ClN5O3/c1-19-9-4-8(10(20-2)3-7(9)12)14-11(18)5-17-6-13-15-16-17/h3-4,6H,5H2,1-2H3,(H,14,18). The van der Waals surface area contributed by atoms with Crippen LogP contribution >= 0.6 is 11.6 Å². The zero-order valence-electron chi connectivity index (χ0n) is 10.8. The van der Waals surface area contributed by atoms with Gasteiger partial charge in [0.05, 0.1) is 24.9 Å². The van der Waals surface area contributed by atoms with Crippen LogP contribution in [-0.4, -0.2) is 40.3 Å². The van der Waals surface area contributed by atoms with Gasteiger partial charge in [-0.1, -0.05) is 11.6 Å². The van der Waals surface area contributed by atoms with Gasteiger partial charge in [0, 0.05) is 12.1 Å². The van der Waals surface area contributed by atoms with E-state index in [0.29, 0.717) is 22.2 Å². The number of nitrogens with zero attached hydrogens (tertiary/aromatic N) is 4. The number of aromatic nitrogens is 4. The molecule has 20 heavy (non-hydrogen) atoms. The quantitative estimate of drug-likeness (QED) is 0.884. The number of anilines is 1. The first-order valence-electron chi connectivity index (χ1n) is 5.56. The first-order chi connectivity index (χ1) is 9.63. The van der Waals surface area contributed by atoms with Gasteiger partial charge in [-0.25, -0.2) is 4.68 Å². The normalized spacial score (nSPS) is 10.2. The minimum absolute atomic E-state index is 0.0128. The highest BCUT2D eigenvalue weighted by Gasteiger charge is 2.13. The predicted molar refractivity (Wildman–Crippen MR) is 71.0 cm³/mol. The molecule has 0 aliphatic heterocycles. The lowest BCUT2D eigenvalue weighted by Crippen LogP contribution is -2.19. The topological polar surface area (TPSA) is 91.2 Å². The van der Waals surface area contributed by atoms with Crippen LogP contribution in [0.4, 0.5) is 5.69 Å². The molecule has 0 radical (unpaired) electrons. The fourth-order valence-electron chi connectivity index (χ4n) is 1.55. The zero-order valence-corrected chi connectivity index (χ0v) is 11.6. The maximum atomic E-state index is 11.9. The van der Waals surface area contributed by atoms with E-state index in [1.165, 1.54) is 25.2 Å². The molecule has 1 amide bonds. The van der Waals surface area contributed by atoms with Crippen molar-refractivity contribution < 1.29 is 14.3 Å². The Morgan fingerprint density at radius 3 is 2.70 bits per heavy atom. The molecule has 9 heteroatoms. The van der Waals surface area contributed by atoms with Crippen molar-refractivity contribution in [3.63, 3.8) is 0 Å². The van der Waals surface area contributed by atoms with E-state index in [-0.39, 0.29) is 12.5 Å². The minimum Gasteiger partial charge on any atom is -0.495 e. The Kier molecular flexibility index (Phi) is 4.36. The van der Waals surface area contributed by atoms with Crippen molar-refractivity contribution in [1.29, 1.82) is 0 Å². The van der Waals surface area contributed by atoms with Gasteiger partial charge < -0.3 is 14.8 Å². The number of halogens is 1. The van der Waals surface area contributed by atoms with Gasteiger partial charge in [0.1, 0.15) is 24.4 Å². The first-order valence-corrected chi connectivity index (χ1v) is 5.94. The number of hydrogen-bond donors (Lipinski definition) is 1. The molecule has 0 saturated carbocycles. The summed E-state index contributed by atoms with van der Waals surface area (Å²) in [5, 5.41) is 13.6.